The van der Waals surface area contributed by atoms with Crippen LogP contribution in [0, 0.1) is 25.2 Å². The van der Waals surface area contributed by atoms with Gasteiger partial charge in [0, 0.05) is 30.7 Å². The molecule has 29 heavy (non-hydrogen) atoms. The SMILES string of the molecule is CCN(C)C=Nc1cc(Cl)c(Oc2snc(-c3cccc(C)c3)c2C#N)cc1C. The van der Waals surface area contributed by atoms with E-state index in [9.17, 15) is 5.26 Å². The average molecular weight is 425 g/mol. The zero-order valence-electron chi connectivity index (χ0n) is 16.7. The Morgan fingerprint density at radius 3 is 2.79 bits per heavy atom. The summed E-state index contributed by atoms with van der Waals surface area (Å²) < 4.78 is 10.4. The summed E-state index contributed by atoms with van der Waals surface area (Å²) in [5, 5.41) is 10.5. The number of aliphatic imine (C=N–C) groups is 1. The van der Waals surface area contributed by atoms with Crippen molar-refractivity contribution in [2.75, 3.05) is 13.6 Å². The van der Waals surface area contributed by atoms with Crippen LogP contribution in [0.5, 0.6) is 10.8 Å². The molecule has 2 aromatic carbocycles. The van der Waals surface area contributed by atoms with Gasteiger partial charge >= 0.3 is 0 Å². The zero-order chi connectivity index (χ0) is 21.0. The molecule has 0 saturated carbocycles. The molecule has 0 radical (unpaired) electrons. The molecular weight excluding hydrogens is 404 g/mol. The third kappa shape index (κ3) is 4.76. The van der Waals surface area contributed by atoms with E-state index in [1.165, 1.54) is 0 Å². The highest BCUT2D eigenvalue weighted by molar-refractivity contribution is 7.08. The fourth-order valence-corrected chi connectivity index (χ4v) is 3.56. The predicted molar refractivity (Wildman–Crippen MR) is 120 cm³/mol. The fraction of sp³-hybridized carbons (Fsp3) is 0.227. The molecule has 0 fully saturated rings. The van der Waals surface area contributed by atoms with E-state index >= 15 is 0 Å². The molecule has 3 rings (SSSR count). The van der Waals surface area contributed by atoms with Crippen molar-refractivity contribution in [3.05, 3.63) is 58.1 Å². The Hall–Kier alpha value is -2.88. The lowest BCUT2D eigenvalue weighted by Gasteiger charge is -2.11. The number of nitriles is 1. The summed E-state index contributed by atoms with van der Waals surface area (Å²) in [5.41, 5.74) is 4.71. The molecule has 0 aliphatic rings. The number of ether oxygens (including phenoxy) is 1. The summed E-state index contributed by atoms with van der Waals surface area (Å²) in [6, 6.07) is 13.7. The molecule has 5 nitrogen and oxygen atoms in total. The van der Waals surface area contributed by atoms with Crippen molar-refractivity contribution in [1.82, 2.24) is 9.27 Å². The largest absolute Gasteiger partial charge is 0.442 e. The van der Waals surface area contributed by atoms with E-state index in [1.807, 2.05) is 56.1 Å². The molecule has 0 spiro atoms. The maximum Gasteiger partial charge on any atom is 0.218 e. The van der Waals surface area contributed by atoms with Gasteiger partial charge in [0.2, 0.25) is 5.06 Å². The predicted octanol–water partition coefficient (Wildman–Crippen LogP) is 6.36. The van der Waals surface area contributed by atoms with E-state index in [0.29, 0.717) is 27.1 Å². The molecule has 0 bridgehead atoms. The minimum absolute atomic E-state index is 0.404. The van der Waals surface area contributed by atoms with Gasteiger partial charge in [-0.1, -0.05) is 35.4 Å². The molecule has 0 unspecified atom stereocenters. The smallest absolute Gasteiger partial charge is 0.218 e. The van der Waals surface area contributed by atoms with Gasteiger partial charge in [-0.3, -0.25) is 0 Å². The number of aryl methyl sites for hydroxylation is 2. The van der Waals surface area contributed by atoms with Crippen LogP contribution in [0.3, 0.4) is 0 Å². The highest BCUT2D eigenvalue weighted by atomic mass is 35.5. The van der Waals surface area contributed by atoms with Crippen LogP contribution in [0.1, 0.15) is 23.6 Å². The summed E-state index contributed by atoms with van der Waals surface area (Å²) >= 11 is 7.57. The summed E-state index contributed by atoms with van der Waals surface area (Å²) in [6.45, 7) is 6.86. The van der Waals surface area contributed by atoms with Crippen molar-refractivity contribution in [1.29, 1.82) is 5.26 Å². The van der Waals surface area contributed by atoms with Crippen LogP contribution in [-0.2, 0) is 0 Å². The molecule has 0 saturated heterocycles. The first-order valence-electron chi connectivity index (χ1n) is 9.12. The summed E-state index contributed by atoms with van der Waals surface area (Å²) in [4.78, 5) is 6.44. The number of nitrogens with zero attached hydrogens (tertiary/aromatic N) is 4. The molecule has 0 aliphatic heterocycles. The monoisotopic (exact) mass is 424 g/mol. The Morgan fingerprint density at radius 2 is 2.10 bits per heavy atom. The number of aromatic nitrogens is 1. The van der Waals surface area contributed by atoms with Gasteiger partial charge in [-0.2, -0.15) is 9.64 Å². The van der Waals surface area contributed by atoms with Gasteiger partial charge in [0.05, 0.1) is 17.0 Å². The Morgan fingerprint density at radius 1 is 1.31 bits per heavy atom. The van der Waals surface area contributed by atoms with Crippen LogP contribution in [0.25, 0.3) is 11.3 Å². The fourth-order valence-electron chi connectivity index (χ4n) is 2.64. The maximum atomic E-state index is 9.69. The lowest BCUT2D eigenvalue weighted by molar-refractivity contribution is 0.495. The number of halogens is 1. The van der Waals surface area contributed by atoms with Crippen LogP contribution in [0.4, 0.5) is 5.69 Å². The molecule has 0 amide bonds. The molecular formula is C22H21ClN4OS. The van der Waals surface area contributed by atoms with Gasteiger partial charge in [0.15, 0.2) is 0 Å². The molecule has 3 aromatic rings. The number of rotatable bonds is 6. The summed E-state index contributed by atoms with van der Waals surface area (Å²) in [5.74, 6) is 0.475. The summed E-state index contributed by atoms with van der Waals surface area (Å²) in [6.07, 6.45) is 1.77. The highest BCUT2D eigenvalue weighted by Gasteiger charge is 2.19. The zero-order valence-corrected chi connectivity index (χ0v) is 18.3. The first kappa shape index (κ1) is 20.8. The molecule has 7 heteroatoms. The lowest BCUT2D eigenvalue weighted by atomic mass is 10.1. The normalized spacial score (nSPS) is 10.9. The lowest BCUT2D eigenvalue weighted by Crippen LogP contribution is -2.14. The van der Waals surface area contributed by atoms with E-state index in [0.717, 1.165) is 40.5 Å². The average Bonchev–Trinajstić information content (AvgIpc) is 3.11. The van der Waals surface area contributed by atoms with Gasteiger partial charge < -0.3 is 9.64 Å². The van der Waals surface area contributed by atoms with E-state index in [4.69, 9.17) is 16.3 Å². The van der Waals surface area contributed by atoms with Crippen molar-refractivity contribution >= 4 is 35.2 Å². The van der Waals surface area contributed by atoms with E-state index < -0.39 is 0 Å². The van der Waals surface area contributed by atoms with E-state index in [2.05, 4.69) is 22.4 Å². The van der Waals surface area contributed by atoms with Crippen LogP contribution in [-0.4, -0.2) is 29.2 Å². The first-order valence-corrected chi connectivity index (χ1v) is 10.3. The number of benzene rings is 2. The van der Waals surface area contributed by atoms with Gasteiger partial charge in [-0.05, 0) is 44.5 Å². The Balaban J connectivity index is 1.92. The second-order valence-corrected chi connectivity index (χ2v) is 7.81. The van der Waals surface area contributed by atoms with Crippen molar-refractivity contribution in [2.45, 2.75) is 20.8 Å². The Bertz CT molecular complexity index is 1100. The third-order valence-corrected chi connectivity index (χ3v) is 5.43. The molecule has 0 aliphatic carbocycles. The number of hydrogen-bond acceptors (Lipinski definition) is 5. The topological polar surface area (TPSA) is 61.5 Å². The van der Waals surface area contributed by atoms with Gasteiger partial charge in [-0.15, -0.1) is 0 Å². The highest BCUT2D eigenvalue weighted by Crippen LogP contribution is 2.40. The van der Waals surface area contributed by atoms with Crippen LogP contribution < -0.4 is 4.74 Å². The first-order chi connectivity index (χ1) is 13.9. The molecule has 1 aromatic heterocycles. The Kier molecular flexibility index (Phi) is 6.53. The maximum absolute atomic E-state index is 9.69. The summed E-state index contributed by atoms with van der Waals surface area (Å²) in [7, 11) is 1.96. The second-order valence-electron chi connectivity index (χ2n) is 6.66. The van der Waals surface area contributed by atoms with Gasteiger partial charge in [-0.25, -0.2) is 4.99 Å². The van der Waals surface area contributed by atoms with Crippen LogP contribution >= 0.6 is 23.1 Å². The second kappa shape index (κ2) is 9.08. The molecule has 1 heterocycles. The minimum Gasteiger partial charge on any atom is -0.442 e. The standard InChI is InChI=1S/C22H21ClN4OS/c1-5-27(4)13-25-19-11-18(23)20(10-15(19)3)28-22-17(12-24)21(26-29-22)16-8-6-7-14(2)9-16/h6-11,13H,5H2,1-4H3. The van der Waals surface area contributed by atoms with Crippen molar-refractivity contribution < 1.29 is 4.74 Å². The van der Waals surface area contributed by atoms with Gasteiger partial charge in [0.1, 0.15) is 23.1 Å². The van der Waals surface area contributed by atoms with Crippen LogP contribution in [0.2, 0.25) is 5.02 Å². The van der Waals surface area contributed by atoms with Crippen molar-refractivity contribution in [3.8, 4) is 28.1 Å². The quantitative estimate of drug-likeness (QED) is 0.341. The van der Waals surface area contributed by atoms with Crippen molar-refractivity contribution in [2.24, 2.45) is 4.99 Å². The van der Waals surface area contributed by atoms with E-state index in [1.54, 1.807) is 12.4 Å². The minimum atomic E-state index is 0.404. The Labute approximate surface area is 180 Å². The molecule has 0 atom stereocenters. The van der Waals surface area contributed by atoms with E-state index in [-0.39, 0.29) is 0 Å². The third-order valence-electron chi connectivity index (χ3n) is 4.41. The van der Waals surface area contributed by atoms with Crippen LogP contribution in [0.15, 0.2) is 41.4 Å². The van der Waals surface area contributed by atoms with Gasteiger partial charge in [0.25, 0.3) is 0 Å². The number of hydrogen-bond donors (Lipinski definition) is 0. The molecule has 148 valence electrons. The van der Waals surface area contributed by atoms with Crippen molar-refractivity contribution in [3.63, 3.8) is 0 Å². The molecule has 0 N–H and O–H groups in total.